The molecular weight excluding hydrogens is 228 g/mol. The van der Waals surface area contributed by atoms with Gasteiger partial charge in [-0.15, -0.1) is 0 Å². The first-order valence-corrected chi connectivity index (χ1v) is 6.39. The lowest BCUT2D eigenvalue weighted by Crippen LogP contribution is -2.28. The van der Waals surface area contributed by atoms with Gasteiger partial charge in [-0.2, -0.15) is 0 Å². The Bertz CT molecular complexity index is 359. The van der Waals surface area contributed by atoms with Gasteiger partial charge < -0.3 is 9.84 Å². The van der Waals surface area contributed by atoms with Gasteiger partial charge in [0.05, 0.1) is 12.0 Å². The first kappa shape index (κ1) is 14.7. The van der Waals surface area contributed by atoms with Crippen molar-refractivity contribution in [1.82, 2.24) is 0 Å². The molecule has 0 saturated heterocycles. The highest BCUT2D eigenvalue weighted by molar-refractivity contribution is 5.72. The molecule has 0 fully saturated rings. The molecule has 2 atom stereocenters. The molecule has 0 aliphatic carbocycles. The summed E-state index contributed by atoms with van der Waals surface area (Å²) < 4.78 is 5.19. The van der Waals surface area contributed by atoms with E-state index in [0.29, 0.717) is 12.3 Å². The number of benzene rings is 1. The van der Waals surface area contributed by atoms with Crippen molar-refractivity contribution >= 4 is 5.97 Å². The van der Waals surface area contributed by atoms with Crippen molar-refractivity contribution in [3.63, 3.8) is 0 Å². The summed E-state index contributed by atoms with van der Waals surface area (Å²) in [4.78, 5) is 11.8. The molecule has 3 heteroatoms. The normalized spacial score (nSPS) is 14.3. The second kappa shape index (κ2) is 7.17. The van der Waals surface area contributed by atoms with Gasteiger partial charge in [0.25, 0.3) is 0 Å². The molecular formula is C15H22O3. The van der Waals surface area contributed by atoms with Crippen LogP contribution in [0.3, 0.4) is 0 Å². The van der Waals surface area contributed by atoms with E-state index in [9.17, 15) is 9.90 Å². The lowest BCUT2D eigenvalue weighted by atomic mass is 9.96. The first-order chi connectivity index (χ1) is 8.50. The highest BCUT2D eigenvalue weighted by atomic mass is 16.5. The minimum atomic E-state index is -0.631. The summed E-state index contributed by atoms with van der Waals surface area (Å²) in [5.74, 6) is -0.451. The van der Waals surface area contributed by atoms with Gasteiger partial charge in [-0.05, 0) is 24.8 Å². The quantitative estimate of drug-likeness (QED) is 0.790. The van der Waals surface area contributed by atoms with Crippen molar-refractivity contribution in [1.29, 1.82) is 0 Å². The molecule has 3 nitrogen and oxygen atoms in total. The van der Waals surface area contributed by atoms with Crippen LogP contribution in [0.15, 0.2) is 30.3 Å². The van der Waals surface area contributed by atoms with E-state index >= 15 is 0 Å². The monoisotopic (exact) mass is 250 g/mol. The van der Waals surface area contributed by atoms with Gasteiger partial charge in [0.2, 0.25) is 0 Å². The molecule has 0 unspecified atom stereocenters. The molecule has 0 amide bonds. The fourth-order valence-electron chi connectivity index (χ4n) is 1.70. The molecule has 1 rings (SSSR count). The van der Waals surface area contributed by atoms with Crippen molar-refractivity contribution in [2.24, 2.45) is 11.8 Å². The second-order valence-corrected chi connectivity index (χ2v) is 5.08. The minimum absolute atomic E-state index is 0.262. The summed E-state index contributed by atoms with van der Waals surface area (Å²) in [6, 6.07) is 9.53. The van der Waals surface area contributed by atoms with Crippen LogP contribution in [-0.2, 0) is 16.1 Å². The maximum absolute atomic E-state index is 11.8. The molecule has 0 aromatic heterocycles. The van der Waals surface area contributed by atoms with Gasteiger partial charge in [0.15, 0.2) is 0 Å². The lowest BCUT2D eigenvalue weighted by Gasteiger charge is -2.19. The van der Waals surface area contributed by atoms with Crippen molar-refractivity contribution < 1.29 is 14.6 Å². The Labute approximate surface area is 109 Å². The largest absolute Gasteiger partial charge is 0.461 e. The maximum atomic E-state index is 11.8. The predicted octanol–water partition coefficient (Wildman–Crippen LogP) is 2.77. The van der Waals surface area contributed by atoms with E-state index in [4.69, 9.17) is 4.74 Å². The van der Waals surface area contributed by atoms with Crippen LogP contribution in [0.4, 0.5) is 0 Å². The Hall–Kier alpha value is -1.35. The molecule has 0 aliphatic rings. The van der Waals surface area contributed by atoms with Crippen molar-refractivity contribution in [3.05, 3.63) is 35.9 Å². The Morgan fingerprint density at radius 2 is 1.83 bits per heavy atom. The third-order valence-corrected chi connectivity index (χ3v) is 2.89. The third kappa shape index (κ3) is 4.88. The van der Waals surface area contributed by atoms with Crippen molar-refractivity contribution in [3.8, 4) is 0 Å². The maximum Gasteiger partial charge on any atom is 0.311 e. The zero-order valence-electron chi connectivity index (χ0n) is 11.3. The van der Waals surface area contributed by atoms with Crippen LogP contribution in [0.1, 0.15) is 32.8 Å². The van der Waals surface area contributed by atoms with Crippen LogP contribution in [0.2, 0.25) is 0 Å². The van der Waals surface area contributed by atoms with Crippen LogP contribution in [-0.4, -0.2) is 17.2 Å². The number of rotatable bonds is 6. The summed E-state index contributed by atoms with van der Waals surface area (Å²) >= 11 is 0. The number of hydrogen-bond donors (Lipinski definition) is 1. The number of carbonyl (C=O) groups is 1. The average Bonchev–Trinajstić information content (AvgIpc) is 2.35. The number of esters is 1. The lowest BCUT2D eigenvalue weighted by molar-refractivity contribution is -0.153. The molecule has 0 bridgehead atoms. The topological polar surface area (TPSA) is 46.5 Å². The zero-order valence-corrected chi connectivity index (χ0v) is 11.3. The summed E-state index contributed by atoms with van der Waals surface area (Å²) in [5, 5.41) is 9.85. The van der Waals surface area contributed by atoms with Gasteiger partial charge in [0, 0.05) is 0 Å². The predicted molar refractivity (Wildman–Crippen MR) is 70.9 cm³/mol. The molecule has 1 N–H and O–H groups in total. The van der Waals surface area contributed by atoms with E-state index < -0.39 is 12.0 Å². The van der Waals surface area contributed by atoms with Crippen LogP contribution >= 0.6 is 0 Å². The van der Waals surface area contributed by atoms with Crippen molar-refractivity contribution in [2.45, 2.75) is 39.9 Å². The number of carbonyl (C=O) groups excluding carboxylic acids is 1. The van der Waals surface area contributed by atoms with E-state index in [1.54, 1.807) is 6.92 Å². The van der Waals surface area contributed by atoms with Crippen molar-refractivity contribution in [2.75, 3.05) is 0 Å². The molecule has 0 spiro atoms. The van der Waals surface area contributed by atoms with Gasteiger partial charge in [0.1, 0.15) is 6.61 Å². The van der Waals surface area contributed by atoms with Gasteiger partial charge in [-0.3, -0.25) is 4.79 Å². The zero-order chi connectivity index (χ0) is 13.5. The SMILES string of the molecule is CC(C)C[C@H](O)[C@@H](C)C(=O)OCc1ccccc1. The van der Waals surface area contributed by atoms with E-state index in [1.807, 2.05) is 44.2 Å². The van der Waals surface area contributed by atoms with Gasteiger partial charge >= 0.3 is 5.97 Å². The average molecular weight is 250 g/mol. The molecule has 0 saturated carbocycles. The van der Waals surface area contributed by atoms with Crippen LogP contribution < -0.4 is 0 Å². The Balaban J connectivity index is 2.40. The Morgan fingerprint density at radius 3 is 2.39 bits per heavy atom. The third-order valence-electron chi connectivity index (χ3n) is 2.89. The van der Waals surface area contributed by atoms with Gasteiger partial charge in [-0.25, -0.2) is 0 Å². The molecule has 100 valence electrons. The smallest absolute Gasteiger partial charge is 0.311 e. The highest BCUT2D eigenvalue weighted by Crippen LogP contribution is 2.15. The highest BCUT2D eigenvalue weighted by Gasteiger charge is 2.24. The number of hydrogen-bond acceptors (Lipinski definition) is 3. The standard InChI is InChI=1S/C15H22O3/c1-11(2)9-14(16)12(3)15(17)18-10-13-7-5-4-6-8-13/h4-8,11-12,14,16H,9-10H2,1-3H3/t12-,14+/m1/s1. The summed E-state index contributed by atoms with van der Waals surface area (Å²) in [7, 11) is 0. The summed E-state index contributed by atoms with van der Waals surface area (Å²) in [6.45, 7) is 6.01. The Morgan fingerprint density at radius 1 is 1.22 bits per heavy atom. The summed E-state index contributed by atoms with van der Waals surface area (Å²) in [5.41, 5.74) is 0.955. The fourth-order valence-corrected chi connectivity index (χ4v) is 1.70. The van der Waals surface area contributed by atoms with E-state index in [1.165, 1.54) is 0 Å². The van der Waals surface area contributed by atoms with Crippen LogP contribution in [0.5, 0.6) is 0 Å². The van der Waals surface area contributed by atoms with E-state index in [2.05, 4.69) is 0 Å². The molecule has 1 aromatic carbocycles. The van der Waals surface area contributed by atoms with E-state index in [-0.39, 0.29) is 12.6 Å². The Kier molecular flexibility index (Phi) is 5.86. The first-order valence-electron chi connectivity index (χ1n) is 6.39. The van der Waals surface area contributed by atoms with E-state index in [0.717, 1.165) is 5.56 Å². The van der Waals surface area contributed by atoms with Crippen LogP contribution in [0, 0.1) is 11.8 Å². The molecule has 18 heavy (non-hydrogen) atoms. The second-order valence-electron chi connectivity index (χ2n) is 5.08. The molecule has 0 aliphatic heterocycles. The number of ether oxygens (including phenoxy) is 1. The molecule has 1 aromatic rings. The molecule has 0 radical (unpaired) electrons. The van der Waals surface area contributed by atoms with Crippen LogP contribution in [0.25, 0.3) is 0 Å². The fraction of sp³-hybridized carbons (Fsp3) is 0.533. The minimum Gasteiger partial charge on any atom is -0.461 e. The van der Waals surface area contributed by atoms with Gasteiger partial charge in [-0.1, -0.05) is 44.2 Å². The number of aliphatic hydroxyl groups excluding tert-OH is 1. The molecule has 0 heterocycles. The summed E-state index contributed by atoms with van der Waals surface area (Å²) in [6.07, 6.45) is -0.0185. The number of aliphatic hydroxyl groups is 1.